The van der Waals surface area contributed by atoms with Crippen LogP contribution in [-0.4, -0.2) is 18.2 Å². The van der Waals surface area contributed by atoms with E-state index in [9.17, 15) is 4.79 Å². The number of hydrogen-bond acceptors (Lipinski definition) is 3. The van der Waals surface area contributed by atoms with Gasteiger partial charge in [0, 0.05) is 0 Å². The largest absolute Gasteiger partial charge is 0.481 e. The molecule has 3 aromatic rings. The van der Waals surface area contributed by atoms with E-state index in [2.05, 4.69) is 10.5 Å². The zero-order valence-corrected chi connectivity index (χ0v) is 13.3. The van der Waals surface area contributed by atoms with Gasteiger partial charge in [-0.15, -0.1) is 0 Å². The van der Waals surface area contributed by atoms with Crippen LogP contribution >= 0.6 is 0 Å². The van der Waals surface area contributed by atoms with Crippen LogP contribution in [0.2, 0.25) is 0 Å². The maximum atomic E-state index is 12.1. The van der Waals surface area contributed by atoms with Gasteiger partial charge in [-0.25, -0.2) is 5.43 Å². The molecule has 0 heterocycles. The van der Waals surface area contributed by atoms with E-state index in [0.717, 1.165) is 16.3 Å². The molecule has 1 amide bonds. The van der Waals surface area contributed by atoms with Gasteiger partial charge in [-0.3, -0.25) is 4.79 Å². The Balaban J connectivity index is 1.59. The molecule has 0 radical (unpaired) electrons. The van der Waals surface area contributed by atoms with Crippen LogP contribution in [0, 0.1) is 0 Å². The average molecular weight is 318 g/mol. The summed E-state index contributed by atoms with van der Waals surface area (Å²) in [5.74, 6) is 0.360. The van der Waals surface area contributed by atoms with Gasteiger partial charge in [0.1, 0.15) is 5.75 Å². The van der Waals surface area contributed by atoms with Crippen LogP contribution in [0.15, 0.2) is 77.9 Å². The van der Waals surface area contributed by atoms with Crippen molar-refractivity contribution < 1.29 is 9.53 Å². The number of hydrogen-bond donors (Lipinski definition) is 1. The molecule has 1 N–H and O–H groups in total. The van der Waals surface area contributed by atoms with Crippen molar-refractivity contribution in [3.8, 4) is 5.75 Å². The van der Waals surface area contributed by atoms with Gasteiger partial charge < -0.3 is 4.74 Å². The van der Waals surface area contributed by atoms with Crippen LogP contribution in [0.5, 0.6) is 5.75 Å². The number of amides is 1. The Hall–Kier alpha value is -3.14. The Labute approximate surface area is 140 Å². The van der Waals surface area contributed by atoms with Crippen molar-refractivity contribution in [2.24, 2.45) is 5.10 Å². The molecule has 0 aromatic heterocycles. The number of nitrogens with zero attached hydrogens (tertiary/aromatic N) is 1. The van der Waals surface area contributed by atoms with E-state index >= 15 is 0 Å². The molecule has 0 fully saturated rings. The second-order valence-electron chi connectivity index (χ2n) is 5.41. The monoisotopic (exact) mass is 318 g/mol. The second-order valence-corrected chi connectivity index (χ2v) is 5.41. The zero-order chi connectivity index (χ0) is 16.8. The quantitative estimate of drug-likeness (QED) is 0.575. The zero-order valence-electron chi connectivity index (χ0n) is 13.3. The van der Waals surface area contributed by atoms with Crippen molar-refractivity contribution in [2.45, 2.75) is 13.0 Å². The summed E-state index contributed by atoms with van der Waals surface area (Å²) >= 11 is 0. The lowest BCUT2D eigenvalue weighted by Crippen LogP contribution is -2.33. The number of rotatable bonds is 5. The standard InChI is InChI=1S/C20H18N2O2/c1-15(20(23)22-21-14-16-7-3-2-4-8-16)24-19-12-11-17-9-5-6-10-18(17)13-19/h2-15H,1H3,(H,22,23). The first kappa shape index (κ1) is 15.7. The molecule has 4 heteroatoms. The second kappa shape index (κ2) is 7.42. The summed E-state index contributed by atoms with van der Waals surface area (Å²) in [6, 6.07) is 23.3. The lowest BCUT2D eigenvalue weighted by molar-refractivity contribution is -0.127. The molecular weight excluding hydrogens is 300 g/mol. The van der Waals surface area contributed by atoms with Gasteiger partial charge in [-0.05, 0) is 35.4 Å². The predicted molar refractivity (Wildman–Crippen MR) is 96.2 cm³/mol. The summed E-state index contributed by atoms with van der Waals surface area (Å²) in [4.78, 5) is 12.1. The molecule has 120 valence electrons. The number of hydrazone groups is 1. The summed E-state index contributed by atoms with van der Waals surface area (Å²) in [7, 11) is 0. The molecule has 0 aliphatic carbocycles. The summed E-state index contributed by atoms with van der Waals surface area (Å²) in [6.07, 6.45) is 0.958. The van der Waals surface area contributed by atoms with E-state index in [1.807, 2.05) is 72.8 Å². The Kier molecular flexibility index (Phi) is 4.87. The number of benzene rings is 3. The molecule has 0 bridgehead atoms. The van der Waals surface area contributed by atoms with Crippen LogP contribution in [0.4, 0.5) is 0 Å². The topological polar surface area (TPSA) is 50.7 Å². The highest BCUT2D eigenvalue weighted by Crippen LogP contribution is 2.21. The fraction of sp³-hybridized carbons (Fsp3) is 0.100. The van der Waals surface area contributed by atoms with E-state index in [-0.39, 0.29) is 5.91 Å². The van der Waals surface area contributed by atoms with Gasteiger partial charge in [0.2, 0.25) is 0 Å². The molecule has 0 aliphatic rings. The molecule has 1 atom stereocenters. The maximum Gasteiger partial charge on any atom is 0.280 e. The lowest BCUT2D eigenvalue weighted by Gasteiger charge is -2.13. The van der Waals surface area contributed by atoms with E-state index in [1.165, 1.54) is 0 Å². The molecule has 0 spiro atoms. The van der Waals surface area contributed by atoms with E-state index in [0.29, 0.717) is 5.75 Å². The highest BCUT2D eigenvalue weighted by molar-refractivity contribution is 5.85. The van der Waals surface area contributed by atoms with E-state index < -0.39 is 6.10 Å². The molecule has 3 rings (SSSR count). The summed E-state index contributed by atoms with van der Waals surface area (Å²) < 4.78 is 5.70. The Bertz CT molecular complexity index is 860. The van der Waals surface area contributed by atoms with Crippen LogP contribution in [0.25, 0.3) is 10.8 Å². The third-order valence-corrected chi connectivity index (χ3v) is 3.59. The third kappa shape index (κ3) is 3.98. The normalized spacial score (nSPS) is 12.2. The van der Waals surface area contributed by atoms with Gasteiger partial charge >= 0.3 is 0 Å². The van der Waals surface area contributed by atoms with Gasteiger partial charge in [-0.1, -0.05) is 60.7 Å². The first-order valence-corrected chi connectivity index (χ1v) is 7.76. The molecule has 0 saturated heterocycles. The van der Waals surface area contributed by atoms with Crippen molar-refractivity contribution in [3.63, 3.8) is 0 Å². The molecular formula is C20H18N2O2. The smallest absolute Gasteiger partial charge is 0.280 e. The summed E-state index contributed by atoms with van der Waals surface area (Å²) in [6.45, 7) is 1.70. The molecule has 4 nitrogen and oxygen atoms in total. The van der Waals surface area contributed by atoms with Gasteiger partial charge in [0.25, 0.3) is 5.91 Å². The minimum Gasteiger partial charge on any atom is -0.481 e. The molecule has 3 aromatic carbocycles. The number of nitrogens with one attached hydrogen (secondary N) is 1. The van der Waals surface area contributed by atoms with Crippen molar-refractivity contribution >= 4 is 22.9 Å². The van der Waals surface area contributed by atoms with Crippen LogP contribution in [-0.2, 0) is 4.79 Å². The van der Waals surface area contributed by atoms with Gasteiger partial charge in [-0.2, -0.15) is 5.10 Å². The average Bonchev–Trinajstić information content (AvgIpc) is 2.62. The number of ether oxygens (including phenoxy) is 1. The fourth-order valence-electron chi connectivity index (χ4n) is 2.30. The van der Waals surface area contributed by atoms with E-state index in [4.69, 9.17) is 4.74 Å². The Morgan fingerprint density at radius 1 is 1.00 bits per heavy atom. The SMILES string of the molecule is CC(Oc1ccc2ccccc2c1)C(=O)NN=Cc1ccccc1. The minimum absolute atomic E-state index is 0.296. The van der Waals surface area contributed by atoms with Gasteiger partial charge in [0.05, 0.1) is 6.21 Å². The van der Waals surface area contributed by atoms with E-state index in [1.54, 1.807) is 13.1 Å². The Morgan fingerprint density at radius 2 is 1.71 bits per heavy atom. The lowest BCUT2D eigenvalue weighted by atomic mass is 10.1. The van der Waals surface area contributed by atoms with Crippen LogP contribution in [0.3, 0.4) is 0 Å². The van der Waals surface area contributed by atoms with Crippen LogP contribution in [0.1, 0.15) is 12.5 Å². The van der Waals surface area contributed by atoms with Crippen LogP contribution < -0.4 is 10.2 Å². The summed E-state index contributed by atoms with van der Waals surface area (Å²) in [5.41, 5.74) is 3.41. The third-order valence-electron chi connectivity index (χ3n) is 3.59. The first-order valence-electron chi connectivity index (χ1n) is 7.76. The highest BCUT2D eigenvalue weighted by atomic mass is 16.5. The van der Waals surface area contributed by atoms with Crippen molar-refractivity contribution in [2.75, 3.05) is 0 Å². The maximum absolute atomic E-state index is 12.1. The number of carbonyl (C=O) groups excluding carboxylic acids is 1. The summed E-state index contributed by atoms with van der Waals surface area (Å²) in [5, 5.41) is 6.16. The molecule has 0 aliphatic heterocycles. The van der Waals surface area contributed by atoms with Crippen molar-refractivity contribution in [3.05, 3.63) is 78.4 Å². The molecule has 1 unspecified atom stereocenters. The van der Waals surface area contributed by atoms with Crippen molar-refractivity contribution in [1.82, 2.24) is 5.43 Å². The van der Waals surface area contributed by atoms with Crippen molar-refractivity contribution in [1.29, 1.82) is 0 Å². The Morgan fingerprint density at radius 3 is 2.50 bits per heavy atom. The highest BCUT2D eigenvalue weighted by Gasteiger charge is 2.14. The first-order chi connectivity index (χ1) is 11.7. The number of carbonyl (C=O) groups is 1. The number of fused-ring (bicyclic) bond motifs is 1. The molecule has 0 saturated carbocycles. The van der Waals surface area contributed by atoms with Gasteiger partial charge in [0.15, 0.2) is 6.10 Å². The fourth-order valence-corrected chi connectivity index (χ4v) is 2.30. The predicted octanol–water partition coefficient (Wildman–Crippen LogP) is 3.76. The molecule has 24 heavy (non-hydrogen) atoms. The minimum atomic E-state index is -0.640.